The maximum absolute atomic E-state index is 5.71. The van der Waals surface area contributed by atoms with Crippen LogP contribution in [0.1, 0.15) is 31.4 Å². The Morgan fingerprint density at radius 1 is 1.42 bits per heavy atom. The van der Waals surface area contributed by atoms with Gasteiger partial charge < -0.3 is 19.4 Å². The van der Waals surface area contributed by atoms with E-state index < -0.39 is 0 Å². The van der Waals surface area contributed by atoms with Gasteiger partial charge in [0.1, 0.15) is 5.76 Å². The van der Waals surface area contributed by atoms with Gasteiger partial charge in [0.25, 0.3) is 0 Å². The van der Waals surface area contributed by atoms with E-state index in [1.54, 1.807) is 6.26 Å². The van der Waals surface area contributed by atoms with Gasteiger partial charge in [0.2, 0.25) is 0 Å². The third-order valence-corrected chi connectivity index (χ3v) is 3.94. The van der Waals surface area contributed by atoms with Crippen molar-refractivity contribution in [3.8, 4) is 0 Å². The zero-order valence-corrected chi connectivity index (χ0v) is 11.8. The molecule has 1 saturated heterocycles. The van der Waals surface area contributed by atoms with Gasteiger partial charge in [-0.3, -0.25) is 0 Å². The molecule has 104 valence electrons. The molecule has 1 aliphatic heterocycles. The highest BCUT2D eigenvalue weighted by Gasteiger charge is 2.26. The molecule has 3 rings (SSSR count). The van der Waals surface area contributed by atoms with Crippen molar-refractivity contribution in [2.75, 3.05) is 13.2 Å². The largest absolute Gasteiger partial charge is 0.467 e. The lowest BCUT2D eigenvalue weighted by molar-refractivity contribution is 0.0884. The zero-order valence-electron chi connectivity index (χ0n) is 11.0. The normalized spacial score (nSPS) is 22.4. The second-order valence-electron chi connectivity index (χ2n) is 5.32. The lowest BCUT2D eigenvalue weighted by Crippen LogP contribution is -2.43. The van der Waals surface area contributed by atoms with Crippen molar-refractivity contribution in [1.29, 1.82) is 0 Å². The molecule has 0 bridgehead atoms. The van der Waals surface area contributed by atoms with E-state index in [-0.39, 0.29) is 0 Å². The third kappa shape index (κ3) is 3.70. The summed E-state index contributed by atoms with van der Waals surface area (Å²) in [5.74, 6) is 0.943. The molecule has 1 N–H and O–H groups in total. The average Bonchev–Trinajstić information content (AvgIpc) is 2.90. The molecule has 0 spiro atoms. The Hall–Kier alpha value is -1.07. The average molecular weight is 280 g/mol. The van der Waals surface area contributed by atoms with E-state index >= 15 is 0 Å². The molecule has 0 unspecified atom stereocenters. The van der Waals surface area contributed by atoms with E-state index in [4.69, 9.17) is 21.4 Å². The van der Waals surface area contributed by atoms with Gasteiger partial charge in [-0.2, -0.15) is 0 Å². The maximum atomic E-state index is 5.71. The topological polar surface area (TPSA) is 37.6 Å². The Bertz CT molecular complexity index is 411. The van der Waals surface area contributed by atoms with E-state index in [9.17, 15) is 0 Å². The number of ether oxygens (including phenoxy) is 1. The van der Waals surface area contributed by atoms with Crippen LogP contribution in [0.25, 0.3) is 0 Å². The van der Waals surface area contributed by atoms with Crippen LogP contribution in [0.2, 0.25) is 0 Å². The van der Waals surface area contributed by atoms with Crippen molar-refractivity contribution >= 4 is 17.3 Å². The maximum Gasteiger partial charge on any atom is 0.169 e. The molecule has 4 nitrogen and oxygen atoms in total. The molecule has 19 heavy (non-hydrogen) atoms. The van der Waals surface area contributed by atoms with Crippen LogP contribution in [0.4, 0.5) is 0 Å². The van der Waals surface area contributed by atoms with E-state index in [0.717, 1.165) is 36.9 Å². The lowest BCUT2D eigenvalue weighted by Gasteiger charge is -2.27. The van der Waals surface area contributed by atoms with Crippen LogP contribution in [0, 0.1) is 0 Å². The first-order valence-corrected chi connectivity index (χ1v) is 7.41. The lowest BCUT2D eigenvalue weighted by atomic mass is 10.2. The second kappa shape index (κ2) is 5.92. The number of furan rings is 1. The monoisotopic (exact) mass is 280 g/mol. The van der Waals surface area contributed by atoms with E-state index in [0.29, 0.717) is 18.7 Å². The summed E-state index contributed by atoms with van der Waals surface area (Å²) < 4.78 is 11.1. The SMILES string of the molecule is S=C(NC1CC1)N(Cc1ccco1)C[C@@H]1CCCO1. The molecule has 0 aromatic carbocycles. The fourth-order valence-corrected chi connectivity index (χ4v) is 2.64. The first-order valence-electron chi connectivity index (χ1n) is 7.00. The predicted molar refractivity (Wildman–Crippen MR) is 76.8 cm³/mol. The number of thiocarbonyl (C=S) groups is 1. The van der Waals surface area contributed by atoms with Crippen LogP contribution in [-0.2, 0) is 11.3 Å². The highest BCUT2D eigenvalue weighted by Crippen LogP contribution is 2.20. The number of nitrogens with one attached hydrogen (secondary N) is 1. The third-order valence-electron chi connectivity index (χ3n) is 3.57. The molecule has 1 atom stereocenters. The smallest absolute Gasteiger partial charge is 0.169 e. The Labute approximate surface area is 119 Å². The van der Waals surface area contributed by atoms with Gasteiger partial charge in [0.05, 0.1) is 18.9 Å². The van der Waals surface area contributed by atoms with E-state index in [1.165, 1.54) is 12.8 Å². The van der Waals surface area contributed by atoms with Crippen molar-refractivity contribution in [1.82, 2.24) is 10.2 Å². The van der Waals surface area contributed by atoms with Gasteiger partial charge >= 0.3 is 0 Å². The molecule has 0 amide bonds. The highest BCUT2D eigenvalue weighted by molar-refractivity contribution is 7.80. The molecule has 2 fully saturated rings. The van der Waals surface area contributed by atoms with Crippen LogP contribution >= 0.6 is 12.2 Å². The Kier molecular flexibility index (Phi) is 4.03. The minimum absolute atomic E-state index is 0.300. The van der Waals surface area contributed by atoms with Crippen molar-refractivity contribution in [3.63, 3.8) is 0 Å². The van der Waals surface area contributed by atoms with Crippen LogP contribution < -0.4 is 5.32 Å². The fourth-order valence-electron chi connectivity index (χ4n) is 2.34. The number of hydrogen-bond acceptors (Lipinski definition) is 3. The van der Waals surface area contributed by atoms with Crippen LogP contribution in [-0.4, -0.2) is 35.3 Å². The van der Waals surface area contributed by atoms with Crippen molar-refractivity contribution < 1.29 is 9.15 Å². The number of hydrogen-bond donors (Lipinski definition) is 1. The molecular formula is C14H20N2O2S. The molecule has 5 heteroatoms. The van der Waals surface area contributed by atoms with Crippen LogP contribution in [0.15, 0.2) is 22.8 Å². The van der Waals surface area contributed by atoms with Crippen LogP contribution in [0.3, 0.4) is 0 Å². The summed E-state index contributed by atoms with van der Waals surface area (Å²) in [6, 6.07) is 4.48. The first-order chi connectivity index (χ1) is 9.31. The quantitative estimate of drug-likeness (QED) is 0.838. The highest BCUT2D eigenvalue weighted by atomic mass is 32.1. The molecule has 0 radical (unpaired) electrons. The molecule has 2 aliphatic rings. The van der Waals surface area contributed by atoms with E-state index in [1.807, 2.05) is 12.1 Å². The standard InChI is InChI=1S/C14H20N2O2S/c19-14(15-11-5-6-11)16(9-12-3-1-7-17-12)10-13-4-2-8-18-13/h1,3,7,11,13H,2,4-6,8-10H2,(H,15,19)/t13-/m0/s1. The van der Waals surface area contributed by atoms with Gasteiger partial charge in [-0.25, -0.2) is 0 Å². The van der Waals surface area contributed by atoms with E-state index in [2.05, 4.69) is 10.2 Å². The van der Waals surface area contributed by atoms with Crippen molar-refractivity contribution in [2.24, 2.45) is 0 Å². The minimum Gasteiger partial charge on any atom is -0.467 e. The molecule has 1 aromatic rings. The van der Waals surface area contributed by atoms with Gasteiger partial charge in [0, 0.05) is 19.2 Å². The molecule has 1 saturated carbocycles. The summed E-state index contributed by atoms with van der Waals surface area (Å²) in [7, 11) is 0. The van der Waals surface area contributed by atoms with Gasteiger partial charge in [-0.1, -0.05) is 0 Å². The van der Waals surface area contributed by atoms with Crippen LogP contribution in [0.5, 0.6) is 0 Å². The van der Waals surface area contributed by atoms with Gasteiger partial charge in [-0.15, -0.1) is 0 Å². The van der Waals surface area contributed by atoms with Gasteiger partial charge in [-0.05, 0) is 50.0 Å². The molecular weight excluding hydrogens is 260 g/mol. The predicted octanol–water partition coefficient (Wildman–Crippen LogP) is 2.30. The van der Waals surface area contributed by atoms with Crippen molar-refractivity contribution in [2.45, 2.75) is 44.4 Å². The fraction of sp³-hybridized carbons (Fsp3) is 0.643. The Balaban J connectivity index is 1.60. The Morgan fingerprint density at radius 3 is 2.95 bits per heavy atom. The summed E-state index contributed by atoms with van der Waals surface area (Å²) in [4.78, 5) is 2.17. The molecule has 1 aliphatic carbocycles. The first kappa shape index (κ1) is 12.9. The second-order valence-corrected chi connectivity index (χ2v) is 5.71. The summed E-state index contributed by atoms with van der Waals surface area (Å²) >= 11 is 5.52. The Morgan fingerprint density at radius 2 is 2.32 bits per heavy atom. The van der Waals surface area contributed by atoms with Crippen molar-refractivity contribution in [3.05, 3.63) is 24.2 Å². The summed E-state index contributed by atoms with van der Waals surface area (Å²) in [5, 5.41) is 4.23. The number of nitrogens with zero attached hydrogens (tertiary/aromatic N) is 1. The number of rotatable bonds is 5. The molecule has 2 heterocycles. The summed E-state index contributed by atoms with van der Waals surface area (Å²) in [6.45, 7) is 2.44. The molecule has 1 aromatic heterocycles. The summed E-state index contributed by atoms with van der Waals surface area (Å²) in [6.07, 6.45) is 6.75. The minimum atomic E-state index is 0.300. The zero-order chi connectivity index (χ0) is 13.1. The summed E-state index contributed by atoms with van der Waals surface area (Å²) in [5.41, 5.74) is 0. The van der Waals surface area contributed by atoms with Gasteiger partial charge in [0.15, 0.2) is 5.11 Å².